The molecule has 1 aromatic rings. The molecule has 6 heteroatoms. The van der Waals surface area contributed by atoms with Gasteiger partial charge in [0.15, 0.2) is 5.75 Å². The maximum absolute atomic E-state index is 12.4. The van der Waals surface area contributed by atoms with E-state index in [-0.39, 0.29) is 5.75 Å². The van der Waals surface area contributed by atoms with Gasteiger partial charge < -0.3 is 15.0 Å². The average Bonchev–Trinajstić information content (AvgIpc) is 2.45. The van der Waals surface area contributed by atoms with Crippen molar-refractivity contribution in [2.24, 2.45) is 0 Å². The van der Waals surface area contributed by atoms with E-state index in [1.54, 1.807) is 18.2 Å². The van der Waals surface area contributed by atoms with Crippen LogP contribution >= 0.6 is 0 Å². The first kappa shape index (κ1) is 15.9. The average molecular weight is 302 g/mol. The van der Waals surface area contributed by atoms with Crippen molar-refractivity contribution in [3.8, 4) is 5.75 Å². The third-order valence-electron chi connectivity index (χ3n) is 3.61. The SMILES string of the molecule is CCCNC1CCN(c2ccccc2OC(F)(F)F)CC1. The van der Waals surface area contributed by atoms with Crippen molar-refractivity contribution >= 4 is 5.69 Å². The molecule has 1 fully saturated rings. The zero-order chi connectivity index (χ0) is 15.3. The van der Waals surface area contributed by atoms with Crippen LogP contribution in [-0.2, 0) is 0 Å². The predicted octanol–water partition coefficient (Wildman–Crippen LogP) is 3.55. The Morgan fingerprint density at radius 1 is 1.24 bits per heavy atom. The Morgan fingerprint density at radius 2 is 1.90 bits per heavy atom. The lowest BCUT2D eigenvalue weighted by atomic mass is 10.0. The van der Waals surface area contributed by atoms with Gasteiger partial charge in [0.05, 0.1) is 5.69 Å². The van der Waals surface area contributed by atoms with Crippen LogP contribution < -0.4 is 15.0 Å². The Balaban J connectivity index is 2.00. The molecule has 21 heavy (non-hydrogen) atoms. The van der Waals surface area contributed by atoms with Crippen LogP contribution in [0.4, 0.5) is 18.9 Å². The third-order valence-corrected chi connectivity index (χ3v) is 3.61. The molecule has 0 aliphatic carbocycles. The highest BCUT2D eigenvalue weighted by Gasteiger charge is 2.33. The Morgan fingerprint density at radius 3 is 2.52 bits per heavy atom. The molecule has 0 saturated carbocycles. The smallest absolute Gasteiger partial charge is 0.404 e. The fraction of sp³-hybridized carbons (Fsp3) is 0.600. The first-order valence-corrected chi connectivity index (χ1v) is 7.32. The minimum Gasteiger partial charge on any atom is -0.404 e. The molecule has 118 valence electrons. The number of para-hydroxylation sites is 2. The lowest BCUT2D eigenvalue weighted by molar-refractivity contribution is -0.274. The minimum atomic E-state index is -4.66. The van der Waals surface area contributed by atoms with E-state index in [2.05, 4.69) is 17.0 Å². The third kappa shape index (κ3) is 4.81. The molecule has 1 aliphatic rings. The molecule has 0 bridgehead atoms. The second-order valence-corrected chi connectivity index (χ2v) is 5.23. The molecule has 1 aliphatic heterocycles. The molecule has 0 amide bonds. The fourth-order valence-electron chi connectivity index (χ4n) is 2.60. The van der Waals surface area contributed by atoms with Crippen LogP contribution in [-0.4, -0.2) is 32.0 Å². The van der Waals surface area contributed by atoms with Gasteiger partial charge in [-0.15, -0.1) is 13.2 Å². The van der Waals surface area contributed by atoms with Gasteiger partial charge in [-0.2, -0.15) is 0 Å². The Bertz CT molecular complexity index is 443. The zero-order valence-electron chi connectivity index (χ0n) is 12.1. The van der Waals surface area contributed by atoms with E-state index >= 15 is 0 Å². The number of hydrogen-bond donors (Lipinski definition) is 1. The van der Waals surface area contributed by atoms with Crippen LogP contribution in [0.5, 0.6) is 5.75 Å². The van der Waals surface area contributed by atoms with Crippen molar-refractivity contribution in [3.63, 3.8) is 0 Å². The number of piperidine rings is 1. The summed E-state index contributed by atoms with van der Waals surface area (Å²) in [4.78, 5) is 1.96. The van der Waals surface area contributed by atoms with Gasteiger partial charge in [0.2, 0.25) is 0 Å². The summed E-state index contributed by atoms with van der Waals surface area (Å²) in [5.41, 5.74) is 0.517. The number of rotatable bonds is 5. The lowest BCUT2D eigenvalue weighted by Gasteiger charge is -2.34. The predicted molar refractivity (Wildman–Crippen MR) is 76.7 cm³/mol. The van der Waals surface area contributed by atoms with E-state index in [0.29, 0.717) is 11.7 Å². The first-order chi connectivity index (χ1) is 9.99. The van der Waals surface area contributed by atoms with Crippen molar-refractivity contribution < 1.29 is 17.9 Å². The van der Waals surface area contributed by atoms with Crippen LogP contribution in [0, 0.1) is 0 Å². The van der Waals surface area contributed by atoms with Crippen LogP contribution in [0.15, 0.2) is 24.3 Å². The maximum atomic E-state index is 12.4. The van der Waals surface area contributed by atoms with Gasteiger partial charge in [-0.1, -0.05) is 19.1 Å². The topological polar surface area (TPSA) is 24.5 Å². The number of nitrogens with one attached hydrogen (secondary N) is 1. The second kappa shape index (κ2) is 7.02. The van der Waals surface area contributed by atoms with E-state index in [4.69, 9.17) is 0 Å². The molecular formula is C15H21F3N2O. The number of halogens is 3. The fourth-order valence-corrected chi connectivity index (χ4v) is 2.60. The highest BCUT2D eigenvalue weighted by atomic mass is 19.4. The monoisotopic (exact) mass is 302 g/mol. The van der Waals surface area contributed by atoms with Crippen molar-refractivity contribution in [3.05, 3.63) is 24.3 Å². The first-order valence-electron chi connectivity index (χ1n) is 7.32. The molecule has 1 heterocycles. The Hall–Kier alpha value is -1.43. The van der Waals surface area contributed by atoms with Gasteiger partial charge in [0, 0.05) is 19.1 Å². The van der Waals surface area contributed by atoms with Crippen molar-refractivity contribution in [2.75, 3.05) is 24.5 Å². The molecule has 0 radical (unpaired) electrons. The largest absolute Gasteiger partial charge is 0.573 e. The molecule has 0 spiro atoms. The van der Waals surface area contributed by atoms with Gasteiger partial charge in [0.25, 0.3) is 0 Å². The van der Waals surface area contributed by atoms with Crippen molar-refractivity contribution in [1.29, 1.82) is 0 Å². The van der Waals surface area contributed by atoms with Crippen LogP contribution in [0.2, 0.25) is 0 Å². The minimum absolute atomic E-state index is 0.120. The van der Waals surface area contributed by atoms with Gasteiger partial charge in [-0.3, -0.25) is 0 Å². The quantitative estimate of drug-likeness (QED) is 0.900. The molecule has 2 rings (SSSR count). The summed E-state index contributed by atoms with van der Waals surface area (Å²) in [5, 5.41) is 3.46. The number of alkyl halides is 3. The van der Waals surface area contributed by atoms with Crippen LogP contribution in [0.1, 0.15) is 26.2 Å². The van der Waals surface area contributed by atoms with E-state index in [0.717, 1.165) is 38.9 Å². The van der Waals surface area contributed by atoms with Crippen LogP contribution in [0.25, 0.3) is 0 Å². The molecule has 1 aromatic carbocycles. The van der Waals surface area contributed by atoms with Gasteiger partial charge >= 0.3 is 6.36 Å². The second-order valence-electron chi connectivity index (χ2n) is 5.23. The summed E-state index contributed by atoms with van der Waals surface area (Å²) in [6.45, 7) is 4.57. The zero-order valence-corrected chi connectivity index (χ0v) is 12.1. The number of anilines is 1. The number of nitrogens with zero attached hydrogens (tertiary/aromatic N) is 1. The summed E-state index contributed by atoms with van der Waals surface area (Å²) in [7, 11) is 0. The van der Waals surface area contributed by atoms with E-state index in [9.17, 15) is 13.2 Å². The number of benzene rings is 1. The highest BCUT2D eigenvalue weighted by Crippen LogP contribution is 2.34. The van der Waals surface area contributed by atoms with E-state index < -0.39 is 6.36 Å². The Labute approximate surface area is 123 Å². The summed E-state index contributed by atoms with van der Waals surface area (Å²) in [6, 6.07) is 6.79. The molecule has 0 atom stereocenters. The molecule has 0 unspecified atom stereocenters. The van der Waals surface area contributed by atoms with Crippen molar-refractivity contribution in [2.45, 2.75) is 38.6 Å². The summed E-state index contributed by atoms with van der Waals surface area (Å²) < 4.78 is 41.4. The van der Waals surface area contributed by atoms with Crippen molar-refractivity contribution in [1.82, 2.24) is 5.32 Å². The summed E-state index contributed by atoms with van der Waals surface area (Å²) in [6.07, 6.45) is -1.71. The summed E-state index contributed by atoms with van der Waals surface area (Å²) in [5.74, 6) is -0.120. The number of hydrogen-bond acceptors (Lipinski definition) is 3. The number of ether oxygens (including phenoxy) is 1. The molecule has 3 nitrogen and oxygen atoms in total. The highest BCUT2D eigenvalue weighted by molar-refractivity contribution is 5.58. The van der Waals surface area contributed by atoms with E-state index in [1.807, 2.05) is 4.90 Å². The summed E-state index contributed by atoms with van der Waals surface area (Å²) >= 11 is 0. The maximum Gasteiger partial charge on any atom is 0.573 e. The lowest BCUT2D eigenvalue weighted by Crippen LogP contribution is -2.43. The van der Waals surface area contributed by atoms with Gasteiger partial charge in [-0.05, 0) is 37.9 Å². The molecule has 1 saturated heterocycles. The molecular weight excluding hydrogens is 281 g/mol. The van der Waals surface area contributed by atoms with E-state index in [1.165, 1.54) is 6.07 Å². The van der Waals surface area contributed by atoms with Gasteiger partial charge in [-0.25, -0.2) is 0 Å². The van der Waals surface area contributed by atoms with Gasteiger partial charge in [0.1, 0.15) is 0 Å². The Kier molecular flexibility index (Phi) is 5.33. The van der Waals surface area contributed by atoms with Crippen LogP contribution in [0.3, 0.4) is 0 Å². The molecule has 0 aromatic heterocycles. The molecule has 1 N–H and O–H groups in total. The standard InChI is InChI=1S/C15H21F3N2O/c1-2-9-19-12-7-10-20(11-8-12)13-5-3-4-6-14(13)21-15(16,17)18/h3-6,12,19H,2,7-11H2,1H3. The normalized spacial score (nSPS) is 17.0.